The van der Waals surface area contributed by atoms with E-state index in [0.717, 1.165) is 24.2 Å². The maximum Gasteiger partial charge on any atom is 0.0407 e. The average Bonchev–Trinajstić information content (AvgIpc) is 3.13. The first-order chi connectivity index (χ1) is 8.79. The second-order valence-corrected chi connectivity index (χ2v) is 5.75. The van der Waals surface area contributed by atoms with Crippen LogP contribution in [0, 0.1) is 12.8 Å². The lowest BCUT2D eigenvalue weighted by Gasteiger charge is -2.28. The van der Waals surface area contributed by atoms with E-state index in [1.807, 2.05) is 0 Å². The van der Waals surface area contributed by atoms with Gasteiger partial charge in [0.05, 0.1) is 0 Å². The Labute approximate surface area is 110 Å². The van der Waals surface area contributed by atoms with Crippen LogP contribution in [-0.4, -0.2) is 36.1 Å². The van der Waals surface area contributed by atoms with Crippen molar-refractivity contribution in [1.82, 2.24) is 15.2 Å². The van der Waals surface area contributed by atoms with Crippen molar-refractivity contribution in [3.63, 3.8) is 0 Å². The van der Waals surface area contributed by atoms with Crippen molar-refractivity contribution >= 4 is 0 Å². The van der Waals surface area contributed by atoms with Gasteiger partial charge in [-0.25, -0.2) is 0 Å². The third-order valence-electron chi connectivity index (χ3n) is 4.32. The molecule has 2 unspecified atom stereocenters. The van der Waals surface area contributed by atoms with Gasteiger partial charge in [-0.1, -0.05) is 6.07 Å². The second-order valence-electron chi connectivity index (χ2n) is 5.75. The molecule has 2 heterocycles. The number of nitrogens with one attached hydrogen (secondary N) is 1. The van der Waals surface area contributed by atoms with Crippen LogP contribution >= 0.6 is 0 Å². The van der Waals surface area contributed by atoms with Gasteiger partial charge in [0.15, 0.2) is 0 Å². The zero-order chi connectivity index (χ0) is 12.5. The smallest absolute Gasteiger partial charge is 0.0407 e. The van der Waals surface area contributed by atoms with Crippen LogP contribution in [0.2, 0.25) is 0 Å². The summed E-state index contributed by atoms with van der Waals surface area (Å²) in [7, 11) is 2.06. The van der Waals surface area contributed by atoms with E-state index in [4.69, 9.17) is 0 Å². The summed E-state index contributed by atoms with van der Waals surface area (Å²) in [6.07, 6.45) is 6.18. The van der Waals surface area contributed by atoms with Gasteiger partial charge in [0.1, 0.15) is 0 Å². The molecule has 1 saturated carbocycles. The Kier molecular flexibility index (Phi) is 3.35. The first-order valence-corrected chi connectivity index (χ1v) is 7.12. The molecular weight excluding hydrogens is 222 g/mol. The van der Waals surface area contributed by atoms with Crippen molar-refractivity contribution in [3.8, 4) is 0 Å². The second kappa shape index (κ2) is 4.98. The molecular formula is C15H23N3. The Balaban J connectivity index is 1.84. The molecule has 1 N–H and O–H groups in total. The van der Waals surface area contributed by atoms with Crippen molar-refractivity contribution in [2.45, 2.75) is 38.3 Å². The van der Waals surface area contributed by atoms with Crippen LogP contribution in [0.4, 0.5) is 0 Å². The SMILES string of the molecule is CNCC1CCN(C2CC2)C1c1ccc(C)nc1. The molecule has 1 aromatic rings. The van der Waals surface area contributed by atoms with Gasteiger partial charge >= 0.3 is 0 Å². The fraction of sp³-hybridized carbons (Fsp3) is 0.667. The Hall–Kier alpha value is -0.930. The first-order valence-electron chi connectivity index (χ1n) is 7.12. The molecule has 2 fully saturated rings. The summed E-state index contributed by atoms with van der Waals surface area (Å²) in [4.78, 5) is 7.20. The molecule has 2 aliphatic rings. The highest BCUT2D eigenvalue weighted by atomic mass is 15.2. The number of hydrogen-bond acceptors (Lipinski definition) is 3. The molecule has 0 aromatic carbocycles. The number of likely N-dealkylation sites (tertiary alicyclic amines) is 1. The summed E-state index contributed by atoms with van der Waals surface area (Å²) >= 11 is 0. The molecule has 1 aromatic heterocycles. The highest BCUT2D eigenvalue weighted by molar-refractivity contribution is 5.21. The molecule has 0 bridgehead atoms. The van der Waals surface area contributed by atoms with Crippen molar-refractivity contribution in [3.05, 3.63) is 29.6 Å². The Bertz CT molecular complexity index is 397. The predicted molar refractivity (Wildman–Crippen MR) is 73.5 cm³/mol. The predicted octanol–water partition coefficient (Wildman–Crippen LogP) is 2.13. The molecule has 3 nitrogen and oxygen atoms in total. The van der Waals surface area contributed by atoms with E-state index in [0.29, 0.717) is 6.04 Å². The van der Waals surface area contributed by atoms with Gasteiger partial charge in [-0.05, 0) is 63.9 Å². The van der Waals surface area contributed by atoms with Crippen molar-refractivity contribution in [2.24, 2.45) is 5.92 Å². The third-order valence-corrected chi connectivity index (χ3v) is 4.32. The number of aryl methyl sites for hydroxylation is 1. The fourth-order valence-corrected chi connectivity index (χ4v) is 3.29. The number of rotatable bonds is 4. The van der Waals surface area contributed by atoms with Crippen LogP contribution in [-0.2, 0) is 0 Å². The number of hydrogen-bond donors (Lipinski definition) is 1. The normalized spacial score (nSPS) is 28.8. The van der Waals surface area contributed by atoms with Gasteiger partial charge < -0.3 is 5.32 Å². The van der Waals surface area contributed by atoms with E-state index in [-0.39, 0.29) is 0 Å². The minimum atomic E-state index is 0.582. The lowest BCUT2D eigenvalue weighted by atomic mass is 9.94. The Morgan fingerprint density at radius 1 is 1.33 bits per heavy atom. The highest BCUT2D eigenvalue weighted by Gasteiger charge is 2.42. The van der Waals surface area contributed by atoms with Gasteiger partial charge in [0.2, 0.25) is 0 Å². The molecule has 3 rings (SSSR count). The number of nitrogens with zero attached hydrogens (tertiary/aromatic N) is 2. The molecule has 1 aliphatic carbocycles. The van der Waals surface area contributed by atoms with E-state index in [1.165, 1.54) is 31.4 Å². The van der Waals surface area contributed by atoms with Gasteiger partial charge in [-0.3, -0.25) is 9.88 Å². The quantitative estimate of drug-likeness (QED) is 0.881. The van der Waals surface area contributed by atoms with Crippen LogP contribution in [0.25, 0.3) is 0 Å². The Morgan fingerprint density at radius 3 is 2.78 bits per heavy atom. The topological polar surface area (TPSA) is 28.2 Å². The van der Waals surface area contributed by atoms with Crippen LogP contribution in [0.3, 0.4) is 0 Å². The van der Waals surface area contributed by atoms with E-state index >= 15 is 0 Å². The minimum absolute atomic E-state index is 0.582. The van der Waals surface area contributed by atoms with Crippen LogP contribution in [0.15, 0.2) is 18.3 Å². The summed E-state index contributed by atoms with van der Waals surface area (Å²) in [5.74, 6) is 0.736. The highest BCUT2D eigenvalue weighted by Crippen LogP contribution is 2.43. The number of aromatic nitrogens is 1. The van der Waals surface area contributed by atoms with Gasteiger partial charge in [-0.15, -0.1) is 0 Å². The van der Waals surface area contributed by atoms with Gasteiger partial charge in [0, 0.05) is 24.0 Å². The van der Waals surface area contributed by atoms with E-state index < -0.39 is 0 Å². The van der Waals surface area contributed by atoms with Crippen molar-refractivity contribution in [2.75, 3.05) is 20.1 Å². The molecule has 98 valence electrons. The monoisotopic (exact) mass is 245 g/mol. The summed E-state index contributed by atoms with van der Waals surface area (Å²) in [5, 5.41) is 3.35. The zero-order valence-electron chi connectivity index (χ0n) is 11.4. The fourth-order valence-electron chi connectivity index (χ4n) is 3.29. The van der Waals surface area contributed by atoms with E-state index in [9.17, 15) is 0 Å². The van der Waals surface area contributed by atoms with Crippen LogP contribution in [0.1, 0.15) is 36.6 Å². The number of pyridine rings is 1. The molecule has 1 saturated heterocycles. The summed E-state index contributed by atoms with van der Waals surface area (Å²) in [6, 6.07) is 5.85. The standard InChI is InChI=1S/C15H23N3/c1-11-3-4-12(10-17-11)15-13(9-16-2)7-8-18(15)14-5-6-14/h3-4,10,13-16H,5-9H2,1-2H3. The van der Waals surface area contributed by atoms with Crippen molar-refractivity contribution in [1.29, 1.82) is 0 Å². The molecule has 0 spiro atoms. The Morgan fingerprint density at radius 2 is 2.17 bits per heavy atom. The maximum absolute atomic E-state index is 4.49. The van der Waals surface area contributed by atoms with Gasteiger partial charge in [0.25, 0.3) is 0 Å². The summed E-state index contributed by atoms with van der Waals surface area (Å²) in [5.41, 5.74) is 2.52. The van der Waals surface area contributed by atoms with Crippen LogP contribution < -0.4 is 5.32 Å². The van der Waals surface area contributed by atoms with E-state index in [2.05, 4.69) is 47.5 Å². The molecule has 0 amide bonds. The largest absolute Gasteiger partial charge is 0.319 e. The molecule has 2 atom stereocenters. The minimum Gasteiger partial charge on any atom is -0.319 e. The zero-order valence-corrected chi connectivity index (χ0v) is 11.4. The maximum atomic E-state index is 4.49. The first kappa shape index (κ1) is 12.1. The third kappa shape index (κ3) is 2.29. The molecule has 1 aliphatic heterocycles. The summed E-state index contributed by atoms with van der Waals surface area (Å²) < 4.78 is 0. The van der Waals surface area contributed by atoms with Gasteiger partial charge in [-0.2, -0.15) is 0 Å². The molecule has 0 radical (unpaired) electrons. The lowest BCUT2D eigenvalue weighted by molar-refractivity contribution is 0.217. The van der Waals surface area contributed by atoms with Crippen LogP contribution in [0.5, 0.6) is 0 Å². The molecule has 18 heavy (non-hydrogen) atoms. The average molecular weight is 245 g/mol. The van der Waals surface area contributed by atoms with E-state index in [1.54, 1.807) is 0 Å². The van der Waals surface area contributed by atoms with Crippen molar-refractivity contribution < 1.29 is 0 Å². The lowest BCUT2D eigenvalue weighted by Crippen LogP contribution is -2.30. The molecule has 3 heteroatoms. The summed E-state index contributed by atoms with van der Waals surface area (Å²) in [6.45, 7) is 4.43.